The number of aliphatic hydroxyl groups excluding tert-OH is 5. The van der Waals surface area contributed by atoms with E-state index in [1.165, 1.54) is 0 Å². The predicted octanol–water partition coefficient (Wildman–Crippen LogP) is -4.82. The normalized spacial score (nSPS) is 19.5. The van der Waals surface area contributed by atoms with E-state index in [9.17, 15) is 29.7 Å². The van der Waals surface area contributed by atoms with Crippen LogP contribution in [0.5, 0.6) is 0 Å². The van der Waals surface area contributed by atoms with Crippen molar-refractivity contribution in [3.63, 3.8) is 0 Å². The summed E-state index contributed by atoms with van der Waals surface area (Å²) in [5, 5.41) is 63.7. The van der Waals surface area contributed by atoms with Gasteiger partial charge in [-0.05, 0) is 0 Å². The lowest BCUT2D eigenvalue weighted by Gasteiger charge is -2.30. The summed E-state index contributed by atoms with van der Waals surface area (Å²) in [5.41, 5.74) is -3.21. The van der Waals surface area contributed by atoms with Gasteiger partial charge in [0.25, 0.3) is 5.60 Å². The highest BCUT2D eigenvalue weighted by Crippen LogP contribution is 2.21. The van der Waals surface area contributed by atoms with Crippen LogP contribution in [0.15, 0.2) is 0 Å². The molecule has 0 amide bonds. The third kappa shape index (κ3) is 4.17. The number of carbonyl (C=O) groups excluding carboxylic acids is 1. The third-order valence-electron chi connectivity index (χ3n) is 2.87. The summed E-state index contributed by atoms with van der Waals surface area (Å²) in [6.45, 7) is -1.04. The molecule has 0 saturated carbocycles. The molecule has 0 rings (SSSR count). The van der Waals surface area contributed by atoms with Crippen molar-refractivity contribution in [3.05, 3.63) is 0 Å². The number of ketones is 1. The van der Waals surface area contributed by atoms with Gasteiger partial charge in [0, 0.05) is 0 Å². The van der Waals surface area contributed by atoms with Crippen LogP contribution in [-0.4, -0.2) is 90.1 Å². The van der Waals surface area contributed by atoms with Crippen molar-refractivity contribution in [2.24, 2.45) is 5.90 Å². The van der Waals surface area contributed by atoms with Crippen LogP contribution < -0.4 is 5.90 Å². The van der Waals surface area contributed by atoms with Crippen molar-refractivity contribution in [2.75, 3.05) is 6.61 Å². The molecule has 0 heterocycles. The van der Waals surface area contributed by atoms with Crippen LogP contribution in [0.3, 0.4) is 0 Å². The fourth-order valence-corrected chi connectivity index (χ4v) is 1.55. The number of hydrogen-bond acceptors (Lipinski definition) is 10. The molecule has 1 unspecified atom stereocenters. The number of hydrogen-bond donors (Lipinski definition) is 8. The van der Waals surface area contributed by atoms with Crippen LogP contribution in [0, 0.1) is 0 Å². The molecule has 12 nitrogen and oxygen atoms in total. The van der Waals surface area contributed by atoms with E-state index in [1.54, 1.807) is 0 Å². The number of carboxylic acid groups (broad SMARTS) is 2. The first-order valence-electron chi connectivity index (χ1n) is 5.75. The van der Waals surface area contributed by atoms with Crippen molar-refractivity contribution in [2.45, 2.75) is 36.4 Å². The fraction of sp³-hybridized carbons (Fsp3) is 0.700. The smallest absolute Gasteiger partial charge is 0.346 e. The van der Waals surface area contributed by atoms with E-state index >= 15 is 0 Å². The Balaban J connectivity index is 5.47. The van der Waals surface area contributed by atoms with Gasteiger partial charge in [0.1, 0.15) is 24.4 Å². The van der Waals surface area contributed by atoms with Crippen LogP contribution >= 0.6 is 0 Å². The van der Waals surface area contributed by atoms with Gasteiger partial charge in [-0.3, -0.25) is 14.4 Å². The molecule has 0 fully saturated rings. The van der Waals surface area contributed by atoms with E-state index in [1.807, 2.05) is 0 Å². The Bertz CT molecular complexity index is 427. The lowest BCUT2D eigenvalue weighted by Crippen LogP contribution is -2.60. The molecular formula is C10H17NO11. The van der Waals surface area contributed by atoms with Gasteiger partial charge < -0.3 is 35.7 Å². The Labute approximate surface area is 122 Å². The first kappa shape index (κ1) is 20.3. The molecule has 0 aliphatic carbocycles. The van der Waals surface area contributed by atoms with E-state index in [0.29, 0.717) is 0 Å². The number of rotatable bonds is 10. The maximum absolute atomic E-state index is 11.9. The van der Waals surface area contributed by atoms with Crippen molar-refractivity contribution in [1.82, 2.24) is 0 Å². The molecule has 0 aliphatic heterocycles. The van der Waals surface area contributed by atoms with Crippen LogP contribution in [0.25, 0.3) is 0 Å². The quantitative estimate of drug-likeness (QED) is 0.139. The maximum atomic E-state index is 11.9. The minimum absolute atomic E-state index is 1.04. The van der Waals surface area contributed by atoms with Crippen molar-refractivity contribution >= 4 is 17.7 Å². The zero-order valence-corrected chi connectivity index (χ0v) is 11.1. The Kier molecular flexibility index (Phi) is 7.48. The number of Topliss-reactive ketones (excluding diaryl/α,β-unsaturated/α-hetero) is 1. The van der Waals surface area contributed by atoms with E-state index in [-0.39, 0.29) is 0 Å². The van der Waals surface area contributed by atoms with Gasteiger partial charge in [-0.25, -0.2) is 10.7 Å². The summed E-state index contributed by atoms with van der Waals surface area (Å²) in [6.07, 6.45) is -10.7. The zero-order valence-electron chi connectivity index (χ0n) is 11.1. The second-order valence-corrected chi connectivity index (χ2v) is 4.36. The molecule has 0 aromatic carbocycles. The second-order valence-electron chi connectivity index (χ2n) is 4.36. The van der Waals surface area contributed by atoms with Crippen LogP contribution in [-0.2, 0) is 19.2 Å². The monoisotopic (exact) mass is 327 g/mol. The SMILES string of the molecule is NOC(CC(=O)O)(C(=O)O)C(=O)[C@H](O)[C@@H](O)[C@H](O)[C@H](O)CO. The minimum Gasteiger partial charge on any atom is -0.481 e. The first-order chi connectivity index (χ1) is 10.0. The zero-order chi connectivity index (χ0) is 17.7. The summed E-state index contributed by atoms with van der Waals surface area (Å²) in [5.74, 6) is -1.17. The maximum Gasteiger partial charge on any atom is 0.346 e. The topological polar surface area (TPSA) is 228 Å². The highest BCUT2D eigenvalue weighted by Gasteiger charge is 2.54. The van der Waals surface area contributed by atoms with Gasteiger partial charge in [-0.15, -0.1) is 0 Å². The standard InChI is InChI=1S/C10H17NO11/c11-22-10(9(20)21,1-4(14)15)8(19)7(18)6(17)5(16)3(13)2-12/h3,5-7,12-13,16-18H,1-2,11H2,(H,14,15)(H,20,21)/t3-,5-,6+,7-,10?/m1/s1. The largest absolute Gasteiger partial charge is 0.481 e. The van der Waals surface area contributed by atoms with E-state index < -0.39 is 60.8 Å². The summed E-state index contributed by atoms with van der Waals surface area (Å²) in [6, 6.07) is 0. The third-order valence-corrected chi connectivity index (χ3v) is 2.87. The highest BCUT2D eigenvalue weighted by molar-refractivity contribution is 6.10. The molecular weight excluding hydrogens is 310 g/mol. The van der Waals surface area contributed by atoms with Crippen LogP contribution in [0.2, 0.25) is 0 Å². The predicted molar refractivity (Wildman–Crippen MR) is 64.0 cm³/mol. The number of carboxylic acids is 2. The summed E-state index contributed by atoms with van der Waals surface area (Å²) in [4.78, 5) is 37.6. The fourth-order valence-electron chi connectivity index (χ4n) is 1.55. The number of aliphatic hydroxyl groups is 5. The van der Waals surface area contributed by atoms with Gasteiger partial charge in [-0.1, -0.05) is 0 Å². The molecule has 0 radical (unpaired) electrons. The average molecular weight is 327 g/mol. The molecule has 0 aromatic heterocycles. The summed E-state index contributed by atoms with van der Waals surface area (Å²) < 4.78 is 0. The summed E-state index contributed by atoms with van der Waals surface area (Å²) >= 11 is 0. The number of carbonyl (C=O) groups is 3. The Morgan fingerprint density at radius 1 is 1.05 bits per heavy atom. The van der Waals surface area contributed by atoms with Crippen LogP contribution in [0.1, 0.15) is 6.42 Å². The molecule has 0 bridgehead atoms. The molecule has 22 heavy (non-hydrogen) atoms. The van der Waals surface area contributed by atoms with E-state index in [0.717, 1.165) is 0 Å². The minimum atomic E-state index is -3.21. The van der Waals surface area contributed by atoms with Gasteiger partial charge >= 0.3 is 11.9 Å². The Morgan fingerprint density at radius 3 is 1.86 bits per heavy atom. The van der Waals surface area contributed by atoms with Crippen molar-refractivity contribution < 1.29 is 55.0 Å². The van der Waals surface area contributed by atoms with Gasteiger partial charge in [0.2, 0.25) is 5.78 Å². The lowest BCUT2D eigenvalue weighted by molar-refractivity contribution is -0.188. The molecule has 128 valence electrons. The first-order valence-corrected chi connectivity index (χ1v) is 5.75. The van der Waals surface area contributed by atoms with Crippen LogP contribution in [0.4, 0.5) is 0 Å². The summed E-state index contributed by atoms with van der Waals surface area (Å²) in [7, 11) is 0. The molecule has 0 saturated heterocycles. The molecule has 0 aromatic rings. The molecule has 0 aliphatic rings. The average Bonchev–Trinajstić information content (AvgIpc) is 2.48. The van der Waals surface area contributed by atoms with Crippen molar-refractivity contribution in [1.29, 1.82) is 0 Å². The van der Waals surface area contributed by atoms with Gasteiger partial charge in [0.15, 0.2) is 0 Å². The van der Waals surface area contributed by atoms with Gasteiger partial charge in [-0.2, -0.15) is 0 Å². The molecule has 0 spiro atoms. The van der Waals surface area contributed by atoms with Gasteiger partial charge in [0.05, 0.1) is 13.0 Å². The Morgan fingerprint density at radius 2 is 1.55 bits per heavy atom. The molecule has 12 heteroatoms. The highest BCUT2D eigenvalue weighted by atomic mass is 16.7. The Hall–Kier alpha value is -1.67. The lowest BCUT2D eigenvalue weighted by atomic mass is 9.87. The molecule has 5 atom stereocenters. The number of aliphatic carboxylic acids is 2. The number of nitrogens with two attached hydrogens (primary N) is 1. The second kappa shape index (κ2) is 8.09. The van der Waals surface area contributed by atoms with Crippen molar-refractivity contribution in [3.8, 4) is 0 Å². The molecule has 9 N–H and O–H groups in total. The van der Waals surface area contributed by atoms with E-state index in [2.05, 4.69) is 10.7 Å². The van der Waals surface area contributed by atoms with E-state index in [4.69, 9.17) is 20.4 Å².